The molecule has 1 N–H and O–H groups in total. The van der Waals surface area contributed by atoms with Crippen LogP contribution in [0.25, 0.3) is 10.9 Å². The molecule has 0 aliphatic heterocycles. The van der Waals surface area contributed by atoms with Crippen LogP contribution in [0.5, 0.6) is 0 Å². The lowest BCUT2D eigenvalue weighted by molar-refractivity contribution is 0.867. The highest BCUT2D eigenvalue weighted by Gasteiger charge is 2.07. The Hall–Kier alpha value is -1.77. The van der Waals surface area contributed by atoms with E-state index >= 15 is 0 Å². The van der Waals surface area contributed by atoms with E-state index in [0.29, 0.717) is 0 Å². The summed E-state index contributed by atoms with van der Waals surface area (Å²) in [5, 5.41) is 4.74. The molecule has 0 saturated carbocycles. The molecule has 0 atom stereocenters. The first-order chi connectivity index (χ1) is 9.69. The molecule has 0 fully saturated rings. The van der Waals surface area contributed by atoms with E-state index in [4.69, 9.17) is 0 Å². The molecule has 0 spiro atoms. The molecular weight excluding hydrogens is 246 g/mol. The fourth-order valence-electron chi connectivity index (χ4n) is 2.54. The summed E-state index contributed by atoms with van der Waals surface area (Å²) >= 11 is 0. The van der Waals surface area contributed by atoms with E-state index in [1.54, 1.807) is 0 Å². The number of anilines is 2. The third kappa shape index (κ3) is 3.03. The summed E-state index contributed by atoms with van der Waals surface area (Å²) in [6.45, 7) is 11.7. The first-order valence-electron chi connectivity index (χ1n) is 7.59. The molecule has 1 heterocycles. The van der Waals surface area contributed by atoms with E-state index in [1.165, 1.54) is 16.8 Å². The average Bonchev–Trinajstić information content (AvgIpc) is 2.46. The van der Waals surface area contributed by atoms with Gasteiger partial charge in [-0.1, -0.05) is 6.92 Å². The number of hydrogen-bond acceptors (Lipinski definition) is 3. The fraction of sp³-hybridized carbons (Fsp3) is 0.471. The predicted octanol–water partition coefficient (Wildman–Crippen LogP) is 4.21. The van der Waals surface area contributed by atoms with Gasteiger partial charge in [0.25, 0.3) is 0 Å². The van der Waals surface area contributed by atoms with Crippen LogP contribution in [-0.2, 0) is 0 Å². The average molecular weight is 271 g/mol. The number of fused-ring (bicyclic) bond motifs is 1. The Labute approximate surface area is 122 Å². The van der Waals surface area contributed by atoms with Crippen LogP contribution in [0.15, 0.2) is 24.3 Å². The maximum absolute atomic E-state index is 4.64. The molecule has 1 aromatic carbocycles. The zero-order chi connectivity index (χ0) is 14.5. The van der Waals surface area contributed by atoms with Crippen molar-refractivity contribution in [3.05, 3.63) is 30.0 Å². The van der Waals surface area contributed by atoms with Gasteiger partial charge in [0, 0.05) is 42.1 Å². The molecule has 0 aliphatic rings. The highest BCUT2D eigenvalue weighted by atomic mass is 15.1. The summed E-state index contributed by atoms with van der Waals surface area (Å²) in [6.07, 6.45) is 1.12. The van der Waals surface area contributed by atoms with Crippen LogP contribution in [0.4, 0.5) is 11.4 Å². The molecule has 0 unspecified atom stereocenters. The molecule has 1 aromatic heterocycles. The molecule has 2 aromatic rings. The van der Waals surface area contributed by atoms with Crippen molar-refractivity contribution < 1.29 is 0 Å². The molecule has 0 bridgehead atoms. The third-order valence-corrected chi connectivity index (χ3v) is 3.61. The Morgan fingerprint density at radius 1 is 1.10 bits per heavy atom. The van der Waals surface area contributed by atoms with Gasteiger partial charge in [-0.3, -0.25) is 4.98 Å². The number of rotatable bonds is 6. The normalized spacial score (nSPS) is 10.8. The Kier molecular flexibility index (Phi) is 4.83. The predicted molar refractivity (Wildman–Crippen MR) is 88.8 cm³/mol. The molecule has 0 radical (unpaired) electrons. The molecule has 3 heteroatoms. The van der Waals surface area contributed by atoms with E-state index in [-0.39, 0.29) is 0 Å². The van der Waals surface area contributed by atoms with Gasteiger partial charge >= 0.3 is 0 Å². The second kappa shape index (κ2) is 6.60. The van der Waals surface area contributed by atoms with Crippen LogP contribution in [0.1, 0.15) is 32.9 Å². The van der Waals surface area contributed by atoms with Gasteiger partial charge in [0.15, 0.2) is 0 Å². The Morgan fingerprint density at radius 3 is 2.50 bits per heavy atom. The zero-order valence-electron chi connectivity index (χ0n) is 13.0. The minimum atomic E-state index is 0.994. The van der Waals surface area contributed by atoms with Crippen LogP contribution >= 0.6 is 0 Å². The SMILES string of the molecule is CCCNc1cc(C)nc2ccc(N(CC)CC)cc12. The van der Waals surface area contributed by atoms with Crippen molar-refractivity contribution >= 4 is 22.3 Å². The molecule has 0 saturated heterocycles. The van der Waals surface area contributed by atoms with Crippen molar-refractivity contribution in [2.75, 3.05) is 29.9 Å². The summed E-state index contributed by atoms with van der Waals surface area (Å²) < 4.78 is 0. The minimum absolute atomic E-state index is 0.994. The molecule has 3 nitrogen and oxygen atoms in total. The van der Waals surface area contributed by atoms with Crippen molar-refractivity contribution in [2.45, 2.75) is 34.1 Å². The number of aryl methyl sites for hydroxylation is 1. The molecule has 0 aliphatic carbocycles. The second-order valence-corrected chi connectivity index (χ2v) is 5.11. The topological polar surface area (TPSA) is 28.2 Å². The van der Waals surface area contributed by atoms with E-state index in [2.05, 4.69) is 67.2 Å². The summed E-state index contributed by atoms with van der Waals surface area (Å²) in [6, 6.07) is 8.70. The Bertz CT molecular complexity index is 574. The fourth-order valence-corrected chi connectivity index (χ4v) is 2.54. The number of aromatic nitrogens is 1. The summed E-state index contributed by atoms with van der Waals surface area (Å²) in [5.41, 5.74) is 4.60. The van der Waals surface area contributed by atoms with Crippen LogP contribution in [0.2, 0.25) is 0 Å². The minimum Gasteiger partial charge on any atom is -0.384 e. The van der Waals surface area contributed by atoms with Crippen LogP contribution in [0, 0.1) is 6.92 Å². The van der Waals surface area contributed by atoms with Gasteiger partial charge in [-0.05, 0) is 51.5 Å². The quantitative estimate of drug-likeness (QED) is 0.853. The lowest BCUT2D eigenvalue weighted by Gasteiger charge is -2.22. The smallest absolute Gasteiger partial charge is 0.0727 e. The third-order valence-electron chi connectivity index (χ3n) is 3.61. The first-order valence-corrected chi connectivity index (χ1v) is 7.59. The highest BCUT2D eigenvalue weighted by molar-refractivity contribution is 5.93. The van der Waals surface area contributed by atoms with Crippen molar-refractivity contribution in [1.82, 2.24) is 4.98 Å². The van der Waals surface area contributed by atoms with Gasteiger partial charge in [-0.15, -0.1) is 0 Å². The second-order valence-electron chi connectivity index (χ2n) is 5.11. The first kappa shape index (κ1) is 14.6. The van der Waals surface area contributed by atoms with Gasteiger partial charge < -0.3 is 10.2 Å². The molecule has 108 valence electrons. The van der Waals surface area contributed by atoms with Crippen molar-refractivity contribution in [2.24, 2.45) is 0 Å². The van der Waals surface area contributed by atoms with Gasteiger partial charge in [0.1, 0.15) is 0 Å². The maximum atomic E-state index is 4.64. The van der Waals surface area contributed by atoms with Crippen LogP contribution in [0.3, 0.4) is 0 Å². The summed E-state index contributed by atoms with van der Waals surface area (Å²) in [7, 11) is 0. The summed E-state index contributed by atoms with van der Waals surface area (Å²) in [4.78, 5) is 7.00. The largest absolute Gasteiger partial charge is 0.384 e. The lowest BCUT2D eigenvalue weighted by Crippen LogP contribution is -2.21. The van der Waals surface area contributed by atoms with Gasteiger partial charge in [0.05, 0.1) is 5.52 Å². The lowest BCUT2D eigenvalue weighted by atomic mass is 10.1. The standard InChI is InChI=1S/C17H25N3/c1-5-10-18-17-11-13(4)19-16-9-8-14(12-15(16)17)20(6-2)7-3/h8-9,11-12H,5-7,10H2,1-4H3,(H,18,19). The van der Waals surface area contributed by atoms with E-state index in [1.807, 2.05) is 0 Å². The van der Waals surface area contributed by atoms with Gasteiger partial charge in [0.2, 0.25) is 0 Å². The van der Waals surface area contributed by atoms with Crippen molar-refractivity contribution in [3.63, 3.8) is 0 Å². The summed E-state index contributed by atoms with van der Waals surface area (Å²) in [5.74, 6) is 0. The van der Waals surface area contributed by atoms with Crippen molar-refractivity contribution in [3.8, 4) is 0 Å². The monoisotopic (exact) mass is 271 g/mol. The number of hydrogen-bond donors (Lipinski definition) is 1. The van der Waals surface area contributed by atoms with E-state index in [0.717, 1.165) is 37.3 Å². The number of nitrogens with one attached hydrogen (secondary N) is 1. The van der Waals surface area contributed by atoms with Gasteiger partial charge in [-0.2, -0.15) is 0 Å². The molecule has 20 heavy (non-hydrogen) atoms. The van der Waals surface area contributed by atoms with E-state index < -0.39 is 0 Å². The number of nitrogens with zero attached hydrogens (tertiary/aromatic N) is 2. The molecular formula is C17H25N3. The van der Waals surface area contributed by atoms with Crippen LogP contribution < -0.4 is 10.2 Å². The number of pyridine rings is 1. The Morgan fingerprint density at radius 2 is 1.85 bits per heavy atom. The molecule has 0 amide bonds. The molecule has 2 rings (SSSR count). The maximum Gasteiger partial charge on any atom is 0.0727 e. The van der Waals surface area contributed by atoms with Crippen molar-refractivity contribution in [1.29, 1.82) is 0 Å². The Balaban J connectivity index is 2.50. The van der Waals surface area contributed by atoms with E-state index in [9.17, 15) is 0 Å². The van der Waals surface area contributed by atoms with Gasteiger partial charge in [-0.25, -0.2) is 0 Å². The van der Waals surface area contributed by atoms with Crippen LogP contribution in [-0.4, -0.2) is 24.6 Å². The zero-order valence-corrected chi connectivity index (χ0v) is 13.0. The number of benzene rings is 1. The highest BCUT2D eigenvalue weighted by Crippen LogP contribution is 2.28.